The van der Waals surface area contributed by atoms with Gasteiger partial charge in [0.2, 0.25) is 5.91 Å². The van der Waals surface area contributed by atoms with Crippen LogP contribution in [0.2, 0.25) is 0 Å². The number of likely N-dealkylation sites (tertiary alicyclic amines) is 1. The number of hydrogen-bond acceptors (Lipinski definition) is 3. The Morgan fingerprint density at radius 1 is 1.17 bits per heavy atom. The second-order valence-electron chi connectivity index (χ2n) is 10.7. The molecule has 1 spiro atoms. The maximum absolute atomic E-state index is 13.2. The highest BCUT2D eigenvalue weighted by atomic mass is 79.9. The van der Waals surface area contributed by atoms with E-state index in [-0.39, 0.29) is 17.5 Å². The van der Waals surface area contributed by atoms with Crippen molar-refractivity contribution in [2.45, 2.75) is 57.5 Å². The van der Waals surface area contributed by atoms with Gasteiger partial charge in [-0.05, 0) is 61.3 Å². The summed E-state index contributed by atoms with van der Waals surface area (Å²) in [5.41, 5.74) is 4.96. The maximum Gasteiger partial charge on any atom is 0.237 e. The van der Waals surface area contributed by atoms with Crippen LogP contribution in [0.5, 0.6) is 0 Å². The molecule has 2 aromatic carbocycles. The number of nitrogens with zero attached hydrogens (tertiary/aromatic N) is 1. The number of carbonyl (C=O) groups is 1. The van der Waals surface area contributed by atoms with Crippen molar-refractivity contribution >= 4 is 32.7 Å². The minimum Gasteiger partial charge on any atom is -0.357 e. The molecule has 5 rings (SSSR count). The molecule has 0 aliphatic carbocycles. The molecular formula is C29H37BrN4O. The van der Waals surface area contributed by atoms with Crippen LogP contribution in [0.15, 0.2) is 53.0 Å². The van der Waals surface area contributed by atoms with Crippen molar-refractivity contribution in [2.75, 3.05) is 26.2 Å². The fourth-order valence-corrected chi connectivity index (χ4v) is 6.12. The summed E-state index contributed by atoms with van der Waals surface area (Å²) in [6.45, 7) is 8.26. The highest BCUT2D eigenvalue weighted by molar-refractivity contribution is 9.10. The lowest BCUT2D eigenvalue weighted by molar-refractivity contribution is -0.124. The Balaban J connectivity index is 1.36. The number of halogens is 1. The summed E-state index contributed by atoms with van der Waals surface area (Å²) >= 11 is 3.63. The Morgan fingerprint density at radius 3 is 2.69 bits per heavy atom. The number of aromatic amines is 1. The molecule has 6 heteroatoms. The molecule has 1 unspecified atom stereocenters. The Kier molecular flexibility index (Phi) is 7.33. The highest BCUT2D eigenvalue weighted by Gasteiger charge is 2.45. The molecule has 3 aromatic rings. The van der Waals surface area contributed by atoms with E-state index in [2.05, 4.69) is 98.8 Å². The van der Waals surface area contributed by atoms with Gasteiger partial charge in [0, 0.05) is 47.2 Å². The summed E-state index contributed by atoms with van der Waals surface area (Å²) < 4.78 is 1.07. The molecule has 2 aliphatic rings. The number of nitrogens with one attached hydrogen (secondary N) is 3. The van der Waals surface area contributed by atoms with Crippen molar-refractivity contribution in [2.24, 2.45) is 5.92 Å². The molecule has 1 saturated heterocycles. The van der Waals surface area contributed by atoms with Gasteiger partial charge in [-0.2, -0.15) is 0 Å². The fraction of sp³-hybridized carbons (Fsp3) is 0.483. The van der Waals surface area contributed by atoms with Gasteiger partial charge in [0.1, 0.15) is 0 Å². The van der Waals surface area contributed by atoms with E-state index in [0.717, 1.165) is 68.3 Å². The monoisotopic (exact) mass is 536 g/mol. The van der Waals surface area contributed by atoms with E-state index >= 15 is 0 Å². The molecule has 1 atom stereocenters. The van der Waals surface area contributed by atoms with Crippen LogP contribution >= 0.6 is 15.9 Å². The average molecular weight is 538 g/mol. The first-order valence-electron chi connectivity index (χ1n) is 13.1. The largest absolute Gasteiger partial charge is 0.357 e. The van der Waals surface area contributed by atoms with Crippen LogP contribution in [0.25, 0.3) is 10.9 Å². The number of benzene rings is 2. The second-order valence-corrected chi connectivity index (χ2v) is 11.6. The van der Waals surface area contributed by atoms with E-state index in [4.69, 9.17) is 0 Å². The van der Waals surface area contributed by atoms with Crippen LogP contribution < -0.4 is 10.6 Å². The smallest absolute Gasteiger partial charge is 0.237 e. The van der Waals surface area contributed by atoms with Crippen molar-refractivity contribution in [3.8, 4) is 0 Å². The number of hydrogen-bond donors (Lipinski definition) is 3. The molecule has 3 heterocycles. The molecule has 0 radical (unpaired) electrons. The summed E-state index contributed by atoms with van der Waals surface area (Å²) in [5, 5.41) is 8.30. The standard InChI is InChI=1S/C29H37BrN4O/c1-20(2)10-14-31-28(35)26-19-24-23-9-8-22(30)18-25(23)32-27(24)29(33-26)12-16-34(17-13-29)15-11-21-6-4-3-5-7-21/h3-9,18,20,26,32-33H,10-17,19H2,1-2H3,(H,31,35). The Morgan fingerprint density at radius 2 is 1.94 bits per heavy atom. The Bertz CT molecular complexity index is 1160. The Hall–Kier alpha value is -2.15. The third kappa shape index (κ3) is 5.35. The number of amides is 1. The molecule has 2 aliphatic heterocycles. The van der Waals surface area contributed by atoms with E-state index in [1.165, 1.54) is 22.2 Å². The number of rotatable bonds is 7. The van der Waals surface area contributed by atoms with E-state index in [1.807, 2.05) is 0 Å². The van der Waals surface area contributed by atoms with E-state index in [1.54, 1.807) is 0 Å². The molecule has 3 N–H and O–H groups in total. The third-order valence-corrected chi connectivity index (χ3v) is 8.31. The van der Waals surface area contributed by atoms with E-state index in [0.29, 0.717) is 5.92 Å². The van der Waals surface area contributed by atoms with Gasteiger partial charge < -0.3 is 15.2 Å². The number of piperidine rings is 1. The van der Waals surface area contributed by atoms with E-state index < -0.39 is 0 Å². The van der Waals surface area contributed by atoms with Crippen LogP contribution in [0.3, 0.4) is 0 Å². The molecule has 5 nitrogen and oxygen atoms in total. The lowest BCUT2D eigenvalue weighted by Gasteiger charge is -2.47. The topological polar surface area (TPSA) is 60.2 Å². The predicted octanol–water partition coefficient (Wildman–Crippen LogP) is 5.14. The quantitative estimate of drug-likeness (QED) is 0.391. The van der Waals surface area contributed by atoms with Gasteiger partial charge in [-0.3, -0.25) is 10.1 Å². The lowest BCUT2D eigenvalue weighted by atomic mass is 9.77. The summed E-state index contributed by atoms with van der Waals surface area (Å²) in [4.78, 5) is 19.6. The third-order valence-electron chi connectivity index (χ3n) is 7.81. The van der Waals surface area contributed by atoms with Crippen LogP contribution in [-0.4, -0.2) is 48.0 Å². The van der Waals surface area contributed by atoms with E-state index in [9.17, 15) is 4.79 Å². The van der Waals surface area contributed by atoms with Crippen molar-refractivity contribution < 1.29 is 4.79 Å². The molecule has 1 amide bonds. The Labute approximate surface area is 217 Å². The molecule has 0 saturated carbocycles. The van der Waals surface area contributed by atoms with Crippen LogP contribution in [0.4, 0.5) is 0 Å². The first kappa shape index (κ1) is 24.5. The van der Waals surface area contributed by atoms with Gasteiger partial charge in [-0.25, -0.2) is 0 Å². The van der Waals surface area contributed by atoms with Crippen molar-refractivity contribution in [3.63, 3.8) is 0 Å². The first-order valence-corrected chi connectivity index (χ1v) is 13.8. The number of aromatic nitrogens is 1. The molecule has 35 heavy (non-hydrogen) atoms. The zero-order chi connectivity index (χ0) is 24.4. The van der Waals surface area contributed by atoms with Gasteiger partial charge in [0.15, 0.2) is 0 Å². The zero-order valence-electron chi connectivity index (χ0n) is 20.9. The number of H-pyrrole nitrogens is 1. The average Bonchev–Trinajstić information content (AvgIpc) is 3.22. The molecule has 1 fully saturated rings. The zero-order valence-corrected chi connectivity index (χ0v) is 22.5. The molecule has 186 valence electrons. The van der Waals surface area contributed by atoms with Gasteiger partial charge >= 0.3 is 0 Å². The van der Waals surface area contributed by atoms with Crippen LogP contribution in [-0.2, 0) is 23.2 Å². The van der Waals surface area contributed by atoms with Crippen molar-refractivity contribution in [1.29, 1.82) is 0 Å². The molecular weight excluding hydrogens is 500 g/mol. The van der Waals surface area contributed by atoms with Gasteiger partial charge in [0.05, 0.1) is 11.6 Å². The lowest BCUT2D eigenvalue weighted by Crippen LogP contribution is -2.61. The minimum atomic E-state index is -0.201. The summed E-state index contributed by atoms with van der Waals surface area (Å²) in [7, 11) is 0. The number of carbonyl (C=O) groups excluding carboxylic acids is 1. The second kappa shape index (κ2) is 10.5. The normalized spacial score (nSPS) is 19.8. The summed E-state index contributed by atoms with van der Waals surface area (Å²) in [5.74, 6) is 0.716. The van der Waals surface area contributed by atoms with Crippen molar-refractivity contribution in [3.05, 3.63) is 69.8 Å². The van der Waals surface area contributed by atoms with Gasteiger partial charge in [-0.15, -0.1) is 0 Å². The summed E-state index contributed by atoms with van der Waals surface area (Å²) in [6, 6.07) is 17.0. The number of fused-ring (bicyclic) bond motifs is 4. The van der Waals surface area contributed by atoms with Gasteiger partial charge in [-0.1, -0.05) is 66.2 Å². The van der Waals surface area contributed by atoms with Crippen LogP contribution in [0, 0.1) is 5.92 Å². The van der Waals surface area contributed by atoms with Gasteiger partial charge in [0.25, 0.3) is 0 Å². The summed E-state index contributed by atoms with van der Waals surface area (Å²) in [6.07, 6.45) is 4.81. The predicted molar refractivity (Wildman–Crippen MR) is 147 cm³/mol. The SMILES string of the molecule is CC(C)CCNC(=O)C1Cc2c([nH]c3cc(Br)ccc23)C2(CCN(CCc3ccccc3)CC2)N1. The fourth-order valence-electron chi connectivity index (χ4n) is 5.76. The molecule has 0 bridgehead atoms. The maximum atomic E-state index is 13.2. The van der Waals surface area contributed by atoms with Crippen LogP contribution in [0.1, 0.15) is 49.9 Å². The minimum absolute atomic E-state index is 0.133. The first-order chi connectivity index (χ1) is 16.9. The highest BCUT2D eigenvalue weighted by Crippen LogP contribution is 2.42. The van der Waals surface area contributed by atoms with Crippen molar-refractivity contribution in [1.82, 2.24) is 20.5 Å². The molecule has 1 aromatic heterocycles.